The Hall–Kier alpha value is -4.97. The lowest BCUT2D eigenvalue weighted by Gasteiger charge is -2.41. The van der Waals surface area contributed by atoms with E-state index in [0.717, 1.165) is 51.2 Å². The van der Waals surface area contributed by atoms with Gasteiger partial charge in [-0.1, -0.05) is 72.8 Å². The van der Waals surface area contributed by atoms with Crippen molar-refractivity contribution in [2.45, 2.75) is 26.8 Å². The SMILES string of the molecule is Cc1cccc(N=C2Nc3ccccc3N3C2=Nc2c(c(C)nn2-c2ccccc2)[C@H]3c2ccccc2)c1C. The predicted molar refractivity (Wildman–Crippen MR) is 159 cm³/mol. The van der Waals surface area contributed by atoms with E-state index in [1.165, 1.54) is 11.1 Å². The molecule has 190 valence electrons. The molecule has 0 aliphatic carbocycles. The standard InChI is InChI=1S/C33H28N6/c1-21-13-12-19-26(22(21)2)34-31-33-36-32-29(23(3)37-39(32)25-16-8-5-9-17-25)30(24-14-6-4-7-15-24)38(33)28-20-11-10-18-27(28)35-31/h4-20,30H,1-3H3,(H,34,35)/t30-/m1/s1. The van der Waals surface area contributed by atoms with Gasteiger partial charge in [0.15, 0.2) is 17.5 Å². The fraction of sp³-hybridized carbons (Fsp3) is 0.121. The fourth-order valence-electron chi connectivity index (χ4n) is 5.51. The van der Waals surface area contributed by atoms with E-state index in [-0.39, 0.29) is 6.04 Å². The first-order chi connectivity index (χ1) is 19.1. The molecule has 39 heavy (non-hydrogen) atoms. The molecular weight excluding hydrogens is 480 g/mol. The zero-order valence-corrected chi connectivity index (χ0v) is 22.1. The highest BCUT2D eigenvalue weighted by molar-refractivity contribution is 6.52. The van der Waals surface area contributed by atoms with Crippen molar-refractivity contribution in [1.29, 1.82) is 0 Å². The van der Waals surface area contributed by atoms with Crippen molar-refractivity contribution in [1.82, 2.24) is 9.78 Å². The third-order valence-electron chi connectivity index (χ3n) is 7.61. The van der Waals surface area contributed by atoms with Gasteiger partial charge in [0.1, 0.15) is 0 Å². The lowest BCUT2D eigenvalue weighted by molar-refractivity contribution is 0.816. The van der Waals surface area contributed by atoms with Crippen molar-refractivity contribution in [3.05, 3.63) is 131 Å². The normalized spacial score (nSPS) is 16.7. The van der Waals surface area contributed by atoms with Crippen molar-refractivity contribution in [3.8, 4) is 5.69 Å². The van der Waals surface area contributed by atoms with Gasteiger partial charge in [-0.15, -0.1) is 0 Å². The summed E-state index contributed by atoms with van der Waals surface area (Å²) in [6.07, 6.45) is 0. The van der Waals surface area contributed by atoms with Gasteiger partial charge >= 0.3 is 0 Å². The zero-order valence-electron chi connectivity index (χ0n) is 22.1. The van der Waals surface area contributed by atoms with Crippen molar-refractivity contribution in [2.24, 2.45) is 9.98 Å². The van der Waals surface area contributed by atoms with Gasteiger partial charge in [0, 0.05) is 5.56 Å². The van der Waals surface area contributed by atoms with Gasteiger partial charge in [0.25, 0.3) is 0 Å². The molecule has 6 nitrogen and oxygen atoms in total. The molecular formula is C33H28N6. The molecule has 2 aliphatic rings. The monoisotopic (exact) mass is 508 g/mol. The molecule has 0 unspecified atom stereocenters. The second-order valence-corrected chi connectivity index (χ2v) is 10.0. The van der Waals surface area contributed by atoms with Crippen molar-refractivity contribution in [3.63, 3.8) is 0 Å². The highest BCUT2D eigenvalue weighted by Gasteiger charge is 2.41. The number of anilines is 2. The first-order valence-corrected chi connectivity index (χ1v) is 13.2. The van der Waals surface area contributed by atoms with E-state index in [4.69, 9.17) is 15.1 Å². The molecule has 5 aromatic rings. The number of aliphatic imine (C=N–C) groups is 2. The Kier molecular flexibility index (Phi) is 5.40. The van der Waals surface area contributed by atoms with Crippen LogP contribution >= 0.6 is 0 Å². The van der Waals surface area contributed by atoms with Crippen molar-refractivity contribution >= 4 is 34.6 Å². The molecule has 0 bridgehead atoms. The highest BCUT2D eigenvalue weighted by Crippen LogP contribution is 2.47. The van der Waals surface area contributed by atoms with E-state index in [2.05, 4.69) is 116 Å². The number of para-hydroxylation sites is 3. The Morgan fingerprint density at radius 2 is 1.49 bits per heavy atom. The highest BCUT2D eigenvalue weighted by atomic mass is 15.4. The van der Waals surface area contributed by atoms with Gasteiger partial charge in [-0.05, 0) is 67.8 Å². The topological polar surface area (TPSA) is 57.8 Å². The van der Waals surface area contributed by atoms with Gasteiger partial charge < -0.3 is 10.2 Å². The third-order valence-corrected chi connectivity index (χ3v) is 7.61. The van der Waals surface area contributed by atoms with Gasteiger partial charge in [-0.2, -0.15) is 5.10 Å². The van der Waals surface area contributed by atoms with Gasteiger partial charge in [-0.3, -0.25) is 0 Å². The summed E-state index contributed by atoms with van der Waals surface area (Å²) < 4.78 is 1.96. The Bertz CT molecular complexity index is 1770. The smallest absolute Gasteiger partial charge is 0.179 e. The maximum Gasteiger partial charge on any atom is 0.179 e. The molecule has 0 radical (unpaired) electrons. The number of aryl methyl sites for hydroxylation is 2. The number of hydrogen-bond acceptors (Lipinski definition) is 4. The number of benzene rings is 4. The Labute approximate surface area is 228 Å². The Morgan fingerprint density at radius 1 is 0.769 bits per heavy atom. The Balaban J connectivity index is 1.54. The van der Waals surface area contributed by atoms with Crippen LogP contribution in [0.15, 0.2) is 113 Å². The third kappa shape index (κ3) is 3.76. The molecule has 0 amide bonds. The molecule has 0 saturated heterocycles. The second kappa shape index (κ2) is 9.10. The number of aromatic nitrogens is 2. The summed E-state index contributed by atoms with van der Waals surface area (Å²) in [6.45, 7) is 6.31. The molecule has 6 heteroatoms. The van der Waals surface area contributed by atoms with Crippen molar-refractivity contribution < 1.29 is 0 Å². The van der Waals surface area contributed by atoms with Crippen LogP contribution in [0.25, 0.3) is 5.69 Å². The van der Waals surface area contributed by atoms with Gasteiger partial charge in [0.2, 0.25) is 0 Å². The largest absolute Gasteiger partial charge is 0.335 e. The van der Waals surface area contributed by atoms with Crippen LogP contribution in [0.1, 0.15) is 34.0 Å². The average Bonchev–Trinajstić information content (AvgIpc) is 3.31. The summed E-state index contributed by atoms with van der Waals surface area (Å²) >= 11 is 0. The van der Waals surface area contributed by atoms with Crippen LogP contribution in [0.4, 0.5) is 22.9 Å². The van der Waals surface area contributed by atoms with E-state index in [1.807, 2.05) is 22.9 Å². The summed E-state index contributed by atoms with van der Waals surface area (Å²) in [7, 11) is 0. The zero-order chi connectivity index (χ0) is 26.5. The van der Waals surface area contributed by atoms with E-state index >= 15 is 0 Å². The number of amidine groups is 2. The van der Waals surface area contributed by atoms with Crippen LogP contribution < -0.4 is 10.2 Å². The van der Waals surface area contributed by atoms with Crippen molar-refractivity contribution in [2.75, 3.05) is 10.2 Å². The number of rotatable bonds is 3. The van der Waals surface area contributed by atoms with E-state index in [1.54, 1.807) is 0 Å². The summed E-state index contributed by atoms with van der Waals surface area (Å²) in [4.78, 5) is 12.8. The molecule has 0 fully saturated rings. The minimum absolute atomic E-state index is 0.127. The molecule has 3 heterocycles. The number of nitrogens with one attached hydrogen (secondary N) is 1. The predicted octanol–water partition coefficient (Wildman–Crippen LogP) is 7.59. The van der Waals surface area contributed by atoms with Crippen LogP contribution in [0.5, 0.6) is 0 Å². The fourth-order valence-corrected chi connectivity index (χ4v) is 5.51. The first kappa shape index (κ1) is 23.2. The van der Waals surface area contributed by atoms with Crippen LogP contribution in [0, 0.1) is 20.8 Å². The molecule has 4 aromatic carbocycles. The van der Waals surface area contributed by atoms with Gasteiger partial charge in [0.05, 0.1) is 34.5 Å². The van der Waals surface area contributed by atoms with Crippen LogP contribution in [-0.2, 0) is 0 Å². The summed E-state index contributed by atoms with van der Waals surface area (Å²) in [6, 6.07) is 35.3. The second-order valence-electron chi connectivity index (χ2n) is 10.0. The molecule has 1 atom stereocenters. The summed E-state index contributed by atoms with van der Waals surface area (Å²) in [5, 5.41) is 8.62. The molecule has 1 aromatic heterocycles. The van der Waals surface area contributed by atoms with E-state index in [9.17, 15) is 0 Å². The number of hydrogen-bond donors (Lipinski definition) is 1. The average molecular weight is 509 g/mol. The van der Waals surface area contributed by atoms with Crippen LogP contribution in [-0.4, -0.2) is 21.5 Å². The molecule has 0 saturated carbocycles. The first-order valence-electron chi connectivity index (χ1n) is 13.2. The molecule has 7 rings (SSSR count). The molecule has 1 N–H and O–H groups in total. The summed E-state index contributed by atoms with van der Waals surface area (Å²) in [5.74, 6) is 2.31. The summed E-state index contributed by atoms with van der Waals surface area (Å²) in [5.41, 5.74) is 9.53. The van der Waals surface area contributed by atoms with E-state index < -0.39 is 0 Å². The minimum Gasteiger partial charge on any atom is -0.335 e. The minimum atomic E-state index is -0.127. The van der Waals surface area contributed by atoms with Crippen LogP contribution in [0.3, 0.4) is 0 Å². The van der Waals surface area contributed by atoms with Gasteiger partial charge in [-0.25, -0.2) is 14.7 Å². The number of nitrogens with zero attached hydrogens (tertiary/aromatic N) is 5. The maximum atomic E-state index is 5.32. The van der Waals surface area contributed by atoms with E-state index in [0.29, 0.717) is 5.84 Å². The lowest BCUT2D eigenvalue weighted by atomic mass is 9.93. The maximum absolute atomic E-state index is 5.32. The molecule has 0 spiro atoms. The quantitative estimate of drug-likeness (QED) is 0.273. The lowest BCUT2D eigenvalue weighted by Crippen LogP contribution is -2.48. The van der Waals surface area contributed by atoms with Crippen LogP contribution in [0.2, 0.25) is 0 Å². The number of fused-ring (bicyclic) bond motifs is 4. The molecule has 2 aliphatic heterocycles. The Morgan fingerprint density at radius 3 is 2.28 bits per heavy atom.